The van der Waals surface area contributed by atoms with E-state index in [1.165, 1.54) is 11.1 Å². The Morgan fingerprint density at radius 2 is 2.28 bits per heavy atom. The maximum atomic E-state index is 12.2. The van der Waals surface area contributed by atoms with Gasteiger partial charge in [-0.05, 0) is 19.1 Å². The molecular weight excluding hydrogens is 234 g/mol. The van der Waals surface area contributed by atoms with Gasteiger partial charge < -0.3 is 15.3 Å². The summed E-state index contributed by atoms with van der Waals surface area (Å²) in [6.45, 7) is 3.11. The molecule has 1 unspecified atom stereocenters. The molecular formula is C12H15N3O3. The predicted octanol–water partition coefficient (Wildman–Crippen LogP) is -0.111. The Bertz CT molecular complexity index is 458. The van der Waals surface area contributed by atoms with E-state index in [1.807, 2.05) is 6.92 Å². The number of aromatic nitrogens is 1. The van der Waals surface area contributed by atoms with Crippen molar-refractivity contribution in [3.63, 3.8) is 0 Å². The zero-order chi connectivity index (χ0) is 13.1. The van der Waals surface area contributed by atoms with Crippen molar-refractivity contribution in [1.29, 1.82) is 0 Å². The van der Waals surface area contributed by atoms with Crippen LogP contribution in [-0.2, 0) is 4.79 Å². The molecule has 1 saturated heterocycles. The lowest BCUT2D eigenvalue weighted by atomic mass is 10.1. The molecule has 18 heavy (non-hydrogen) atoms. The van der Waals surface area contributed by atoms with E-state index < -0.39 is 12.0 Å². The van der Waals surface area contributed by atoms with Crippen molar-refractivity contribution in [3.8, 4) is 0 Å². The van der Waals surface area contributed by atoms with Gasteiger partial charge in [0.25, 0.3) is 5.91 Å². The molecule has 2 heterocycles. The van der Waals surface area contributed by atoms with Crippen molar-refractivity contribution in [2.75, 3.05) is 19.6 Å². The Kier molecular flexibility index (Phi) is 3.57. The summed E-state index contributed by atoms with van der Waals surface area (Å²) in [5.74, 6) is -1.27. The summed E-state index contributed by atoms with van der Waals surface area (Å²) in [5, 5.41) is 12.1. The molecule has 0 spiro atoms. The van der Waals surface area contributed by atoms with E-state index in [4.69, 9.17) is 5.11 Å². The molecule has 1 atom stereocenters. The molecule has 6 heteroatoms. The Labute approximate surface area is 105 Å². The van der Waals surface area contributed by atoms with E-state index in [0.717, 1.165) is 5.69 Å². The Hall–Kier alpha value is -1.95. The zero-order valence-corrected chi connectivity index (χ0v) is 10.1. The van der Waals surface area contributed by atoms with Crippen LogP contribution in [0.3, 0.4) is 0 Å². The number of aryl methyl sites for hydroxylation is 1. The first-order valence-corrected chi connectivity index (χ1v) is 5.77. The quantitative estimate of drug-likeness (QED) is 0.764. The fourth-order valence-electron chi connectivity index (χ4n) is 1.93. The van der Waals surface area contributed by atoms with Crippen molar-refractivity contribution < 1.29 is 14.7 Å². The van der Waals surface area contributed by atoms with Crippen molar-refractivity contribution in [2.24, 2.45) is 0 Å². The lowest BCUT2D eigenvalue weighted by Crippen LogP contribution is -2.57. The summed E-state index contributed by atoms with van der Waals surface area (Å²) in [6, 6.07) is 2.60. The van der Waals surface area contributed by atoms with E-state index >= 15 is 0 Å². The molecule has 1 aliphatic rings. The molecule has 0 saturated carbocycles. The van der Waals surface area contributed by atoms with E-state index in [-0.39, 0.29) is 12.5 Å². The second kappa shape index (κ2) is 5.14. The lowest BCUT2D eigenvalue weighted by molar-refractivity contribution is -0.142. The molecule has 2 rings (SSSR count). The third-order valence-corrected chi connectivity index (χ3v) is 2.95. The van der Waals surface area contributed by atoms with E-state index in [2.05, 4.69) is 10.3 Å². The van der Waals surface area contributed by atoms with Gasteiger partial charge in [0.1, 0.15) is 6.04 Å². The number of rotatable bonds is 2. The third kappa shape index (κ3) is 2.48. The highest BCUT2D eigenvalue weighted by atomic mass is 16.4. The van der Waals surface area contributed by atoms with Gasteiger partial charge >= 0.3 is 5.97 Å². The molecule has 2 N–H and O–H groups in total. The molecule has 0 aromatic carbocycles. The highest BCUT2D eigenvalue weighted by molar-refractivity contribution is 5.96. The van der Waals surface area contributed by atoms with Crippen LogP contribution >= 0.6 is 0 Å². The lowest BCUT2D eigenvalue weighted by Gasteiger charge is -2.33. The maximum absolute atomic E-state index is 12.2. The number of piperazine rings is 1. The minimum atomic E-state index is -0.990. The average molecular weight is 249 g/mol. The Morgan fingerprint density at radius 3 is 2.89 bits per heavy atom. The number of carbonyl (C=O) groups excluding carboxylic acids is 1. The normalized spacial score (nSPS) is 19.6. The first kappa shape index (κ1) is 12.5. The summed E-state index contributed by atoms with van der Waals surface area (Å²) in [5.41, 5.74) is 1.25. The van der Waals surface area contributed by atoms with Gasteiger partial charge in [0, 0.05) is 31.5 Å². The van der Waals surface area contributed by atoms with Gasteiger partial charge in [-0.15, -0.1) is 0 Å². The van der Waals surface area contributed by atoms with Crippen LogP contribution in [0.25, 0.3) is 0 Å². The van der Waals surface area contributed by atoms with E-state index in [0.29, 0.717) is 18.7 Å². The van der Waals surface area contributed by atoms with Crippen molar-refractivity contribution in [1.82, 2.24) is 15.2 Å². The number of carboxylic acids is 1. The molecule has 0 bridgehead atoms. The van der Waals surface area contributed by atoms with Crippen molar-refractivity contribution in [2.45, 2.75) is 13.0 Å². The van der Waals surface area contributed by atoms with Crippen LogP contribution in [0.5, 0.6) is 0 Å². The number of hydrogen-bond acceptors (Lipinski definition) is 4. The summed E-state index contributed by atoms with van der Waals surface area (Å²) in [4.78, 5) is 28.8. The standard InChI is InChI=1S/C12H15N3O3/c1-8-2-3-9(6-14-8)11(16)15-5-4-13-7-10(15)12(17)18/h2-3,6,10,13H,4-5,7H2,1H3,(H,17,18). The largest absolute Gasteiger partial charge is 0.480 e. The molecule has 96 valence electrons. The summed E-state index contributed by atoms with van der Waals surface area (Å²) < 4.78 is 0. The van der Waals surface area contributed by atoms with Crippen LogP contribution < -0.4 is 5.32 Å². The van der Waals surface area contributed by atoms with Gasteiger partial charge in [-0.1, -0.05) is 0 Å². The molecule has 0 aliphatic carbocycles. The van der Waals surface area contributed by atoms with Crippen LogP contribution in [0, 0.1) is 6.92 Å². The first-order chi connectivity index (χ1) is 8.59. The van der Waals surface area contributed by atoms with Crippen LogP contribution in [0.2, 0.25) is 0 Å². The SMILES string of the molecule is Cc1ccc(C(=O)N2CCNCC2C(=O)O)cn1. The average Bonchev–Trinajstić information content (AvgIpc) is 2.39. The minimum Gasteiger partial charge on any atom is -0.480 e. The molecule has 1 aromatic rings. The molecule has 0 radical (unpaired) electrons. The van der Waals surface area contributed by atoms with Crippen LogP contribution in [0.4, 0.5) is 0 Å². The van der Waals surface area contributed by atoms with E-state index in [9.17, 15) is 9.59 Å². The summed E-state index contributed by atoms with van der Waals surface area (Å²) in [7, 11) is 0. The number of hydrogen-bond donors (Lipinski definition) is 2. The predicted molar refractivity (Wildman–Crippen MR) is 64.3 cm³/mol. The highest BCUT2D eigenvalue weighted by Crippen LogP contribution is 2.10. The van der Waals surface area contributed by atoms with Gasteiger partial charge in [-0.2, -0.15) is 0 Å². The monoisotopic (exact) mass is 249 g/mol. The number of aliphatic carboxylic acids is 1. The van der Waals surface area contributed by atoms with Gasteiger partial charge in [0.15, 0.2) is 0 Å². The first-order valence-electron chi connectivity index (χ1n) is 5.77. The van der Waals surface area contributed by atoms with Crippen molar-refractivity contribution >= 4 is 11.9 Å². The number of nitrogens with one attached hydrogen (secondary N) is 1. The number of pyridine rings is 1. The van der Waals surface area contributed by atoms with Crippen molar-refractivity contribution in [3.05, 3.63) is 29.6 Å². The second-order valence-corrected chi connectivity index (χ2v) is 4.24. The second-order valence-electron chi connectivity index (χ2n) is 4.24. The zero-order valence-electron chi connectivity index (χ0n) is 10.1. The fourth-order valence-corrected chi connectivity index (χ4v) is 1.93. The minimum absolute atomic E-state index is 0.278. The summed E-state index contributed by atoms with van der Waals surface area (Å²) >= 11 is 0. The molecule has 1 aromatic heterocycles. The molecule has 1 aliphatic heterocycles. The number of amides is 1. The molecule has 1 amide bonds. The van der Waals surface area contributed by atoms with Gasteiger partial charge in [0.2, 0.25) is 0 Å². The van der Waals surface area contributed by atoms with E-state index in [1.54, 1.807) is 12.1 Å². The number of carbonyl (C=O) groups is 2. The summed E-state index contributed by atoms with van der Waals surface area (Å²) in [6.07, 6.45) is 1.48. The smallest absolute Gasteiger partial charge is 0.327 e. The Morgan fingerprint density at radius 1 is 1.50 bits per heavy atom. The number of nitrogens with zero attached hydrogens (tertiary/aromatic N) is 2. The maximum Gasteiger partial charge on any atom is 0.327 e. The van der Waals surface area contributed by atoms with Gasteiger partial charge in [0.05, 0.1) is 5.56 Å². The highest BCUT2D eigenvalue weighted by Gasteiger charge is 2.32. The topological polar surface area (TPSA) is 82.5 Å². The third-order valence-electron chi connectivity index (χ3n) is 2.95. The Balaban J connectivity index is 2.20. The van der Waals surface area contributed by atoms with Crippen LogP contribution in [0.1, 0.15) is 16.1 Å². The molecule has 6 nitrogen and oxygen atoms in total. The fraction of sp³-hybridized carbons (Fsp3) is 0.417. The van der Waals surface area contributed by atoms with Crippen LogP contribution in [0.15, 0.2) is 18.3 Å². The van der Waals surface area contributed by atoms with Gasteiger partial charge in [-0.3, -0.25) is 9.78 Å². The molecule has 1 fully saturated rings. The van der Waals surface area contributed by atoms with Crippen LogP contribution in [-0.4, -0.2) is 52.5 Å². The van der Waals surface area contributed by atoms with Gasteiger partial charge in [-0.25, -0.2) is 4.79 Å². The number of carboxylic acid groups (broad SMARTS) is 1.